The molecule has 0 radical (unpaired) electrons. The molecule has 0 aliphatic heterocycles. The summed E-state index contributed by atoms with van der Waals surface area (Å²) in [4.78, 5) is 68.8. The van der Waals surface area contributed by atoms with E-state index in [9.17, 15) is 19.2 Å². The molecule has 6 N–H and O–H groups in total. The summed E-state index contributed by atoms with van der Waals surface area (Å²) in [6, 6.07) is 9.55. The Morgan fingerprint density at radius 2 is 0.441 bits per heavy atom. The number of rotatable bonds is 83. The molecule has 18 heteroatoms. The number of nitrogens with one attached hydrogen (secondary N) is 6. The van der Waals surface area contributed by atoms with Crippen molar-refractivity contribution in [1.82, 2.24) is 30.6 Å². The van der Waals surface area contributed by atoms with Crippen molar-refractivity contribution in [3.8, 4) is 57.0 Å². The number of H-pyrrole nitrogens is 2. The highest BCUT2D eigenvalue weighted by molar-refractivity contribution is 5.88. The zero-order valence-electron chi connectivity index (χ0n) is 76.4. The molecule has 0 atom stereocenters. The summed E-state index contributed by atoms with van der Waals surface area (Å²) in [6.45, 7) is 17.6. The second-order valence-electron chi connectivity index (χ2n) is 33.9. The molecule has 0 bridgehead atoms. The maximum Gasteiger partial charge on any atom is 0.321 e. The van der Waals surface area contributed by atoms with E-state index in [-0.39, 0.29) is 11.9 Å². The number of hydrogen-bond donors (Lipinski definition) is 6. The summed E-state index contributed by atoms with van der Waals surface area (Å²) < 4.78 is 40.0. The van der Waals surface area contributed by atoms with Gasteiger partial charge in [-0.2, -0.15) is 0 Å². The highest BCUT2D eigenvalue weighted by Gasteiger charge is 2.22. The molecule has 0 fully saturated rings. The zero-order chi connectivity index (χ0) is 84.3. The van der Waals surface area contributed by atoms with E-state index >= 15 is 0 Å². The van der Waals surface area contributed by atoms with Crippen LogP contribution in [0.15, 0.2) is 46.0 Å². The number of urea groups is 2. The lowest BCUT2D eigenvalue weighted by molar-refractivity contribution is 0.234. The molecule has 18 nitrogen and oxygen atoms in total. The molecule has 4 aromatic rings. The van der Waals surface area contributed by atoms with Crippen molar-refractivity contribution < 1.29 is 38.0 Å². The minimum Gasteiger partial charge on any atom is -0.490 e. The molecule has 0 aliphatic rings. The van der Waals surface area contributed by atoms with Crippen molar-refractivity contribution in [3.05, 3.63) is 57.1 Å². The second-order valence-corrected chi connectivity index (χ2v) is 33.9. The Morgan fingerprint density at radius 1 is 0.254 bits per heavy atom. The van der Waals surface area contributed by atoms with Gasteiger partial charge in [0.1, 0.15) is 0 Å². The van der Waals surface area contributed by atoms with Gasteiger partial charge in [0.05, 0.1) is 51.0 Å². The van der Waals surface area contributed by atoms with Gasteiger partial charge in [0.25, 0.3) is 11.1 Å². The number of unbranched alkanes of at least 4 members (excludes halogenated alkanes) is 57. The zero-order valence-corrected chi connectivity index (χ0v) is 76.4. The van der Waals surface area contributed by atoms with E-state index < -0.39 is 23.2 Å². The van der Waals surface area contributed by atoms with Gasteiger partial charge in [0.15, 0.2) is 23.0 Å². The lowest BCUT2D eigenvalue weighted by atomic mass is 10.1. The van der Waals surface area contributed by atoms with Crippen LogP contribution >= 0.6 is 0 Å². The van der Waals surface area contributed by atoms with Crippen LogP contribution in [0.1, 0.15) is 452 Å². The van der Waals surface area contributed by atoms with Gasteiger partial charge in [-0.15, -0.1) is 0 Å². The van der Waals surface area contributed by atoms with Crippen molar-refractivity contribution in [3.63, 3.8) is 0 Å². The number of anilines is 2. The monoisotopic (exact) mass is 1650 g/mol. The van der Waals surface area contributed by atoms with Gasteiger partial charge in [0.2, 0.25) is 23.4 Å². The minimum atomic E-state index is -0.492. The Kier molecular flexibility index (Phi) is 65.5. The van der Waals surface area contributed by atoms with E-state index in [1.165, 1.54) is 320 Å². The standard InChI is InChI=1S/C100H174N8O10/c1-7-13-19-25-31-37-43-49-57-65-73-113-89-79-85(80-90(114-74-66-58-50-44-38-32-26-20-14-8-2)95(89)117-77-69-61-53-47-41-35-29-23-17-11-5)87-83-93(109)105-97(103-87)107-99(111)101-71-63-55-56-64-72-102-100(112)108-98-104-88(84-94(110)106-98)86-81-91(115-75-67-59-51-45-39-33-27-21-15-9-3)96(118-78-70-62-54-48-42-36-30-24-18-12-6)92(82-86)116-76-68-60-52-46-40-34-28-22-16-10-4/h79-84H,7-78H2,1-6H3,(H3,101,103,105,107,109,111)(H3,102,104,106,108,110,112). The third-order valence-corrected chi connectivity index (χ3v) is 22.8. The van der Waals surface area contributed by atoms with Gasteiger partial charge in [-0.3, -0.25) is 30.2 Å². The second kappa shape index (κ2) is 74.4. The Hall–Kier alpha value is -6.46. The summed E-state index contributed by atoms with van der Waals surface area (Å²) in [6.07, 6.45) is 76.6. The molecular weight excluding hydrogens is 1470 g/mol. The Balaban J connectivity index is 1.40. The molecule has 2 heterocycles. The molecule has 0 saturated carbocycles. The molecule has 4 rings (SSSR count). The van der Waals surface area contributed by atoms with E-state index in [4.69, 9.17) is 38.4 Å². The number of aromatic nitrogens is 4. The van der Waals surface area contributed by atoms with Crippen molar-refractivity contribution in [2.24, 2.45) is 0 Å². The highest BCUT2D eigenvalue weighted by Crippen LogP contribution is 2.44. The molecule has 0 spiro atoms. The fraction of sp³-hybridized carbons (Fsp3) is 0.780. The van der Waals surface area contributed by atoms with E-state index in [2.05, 4.69) is 72.8 Å². The fourth-order valence-corrected chi connectivity index (χ4v) is 15.4. The molecule has 0 saturated heterocycles. The van der Waals surface area contributed by atoms with Gasteiger partial charge >= 0.3 is 12.1 Å². The number of carbonyl (C=O) groups is 2. The van der Waals surface area contributed by atoms with Crippen LogP contribution in [0.5, 0.6) is 34.5 Å². The first-order chi connectivity index (χ1) is 58.1. The van der Waals surface area contributed by atoms with Gasteiger partial charge in [-0.25, -0.2) is 19.6 Å². The van der Waals surface area contributed by atoms with Crippen LogP contribution in [-0.2, 0) is 0 Å². The number of carbonyl (C=O) groups excluding carboxylic acids is 2. The summed E-state index contributed by atoms with van der Waals surface area (Å²) in [7, 11) is 0. The number of ether oxygens (including phenoxy) is 6. The van der Waals surface area contributed by atoms with Gasteiger partial charge in [0, 0.05) is 36.3 Å². The van der Waals surface area contributed by atoms with Crippen molar-refractivity contribution >= 4 is 24.0 Å². The third kappa shape index (κ3) is 54.0. The van der Waals surface area contributed by atoms with Crippen molar-refractivity contribution in [1.29, 1.82) is 0 Å². The maximum atomic E-state index is 13.4. The van der Waals surface area contributed by atoms with E-state index in [0.29, 0.717) is 123 Å². The molecule has 0 aliphatic carbocycles. The van der Waals surface area contributed by atoms with Crippen LogP contribution in [0.2, 0.25) is 0 Å². The van der Waals surface area contributed by atoms with Crippen LogP contribution in [0.4, 0.5) is 21.5 Å². The van der Waals surface area contributed by atoms with E-state index in [0.717, 1.165) is 89.9 Å². The molecule has 674 valence electrons. The molecule has 0 unspecified atom stereocenters. The van der Waals surface area contributed by atoms with E-state index in [1.807, 2.05) is 24.3 Å². The number of benzene rings is 2. The Morgan fingerprint density at radius 3 is 0.653 bits per heavy atom. The van der Waals surface area contributed by atoms with Crippen molar-refractivity contribution in [2.45, 2.75) is 452 Å². The smallest absolute Gasteiger partial charge is 0.321 e. The Bertz CT molecular complexity index is 2880. The van der Waals surface area contributed by atoms with Gasteiger partial charge in [-0.05, 0) is 75.6 Å². The lowest BCUT2D eigenvalue weighted by Crippen LogP contribution is -2.31. The SMILES string of the molecule is CCCCCCCCCCCCOc1cc(-c2cc(=O)[nH]c(NC(=O)NCCCCCCNC(=O)Nc3nc(-c4cc(OCCCCCCCCCCCC)c(OCCCCCCCCCCCC)c(OCCCCCCCCCCCC)c4)cc(=O)[nH]3)n2)cc(OCCCCCCCCCCCC)c1OCCCCCCCCCCCC. The number of nitrogens with zero attached hydrogens (tertiary/aromatic N) is 2. The first-order valence-electron chi connectivity index (χ1n) is 49.6. The summed E-state index contributed by atoms with van der Waals surface area (Å²) >= 11 is 0. The topological polar surface area (TPSA) is 229 Å². The average Bonchev–Trinajstić information content (AvgIpc) is 0.804. The predicted octanol–water partition coefficient (Wildman–Crippen LogP) is 29.5. The maximum absolute atomic E-state index is 13.4. The third-order valence-electron chi connectivity index (χ3n) is 22.8. The first kappa shape index (κ1) is 104. The van der Waals surface area contributed by atoms with Crippen LogP contribution in [0.3, 0.4) is 0 Å². The van der Waals surface area contributed by atoms with E-state index in [1.54, 1.807) is 0 Å². The van der Waals surface area contributed by atoms with Crippen LogP contribution < -0.4 is 60.8 Å². The predicted molar refractivity (Wildman–Crippen MR) is 497 cm³/mol. The number of aromatic amines is 2. The number of amides is 4. The molecule has 2 aromatic carbocycles. The summed E-state index contributed by atoms with van der Waals surface area (Å²) in [5.41, 5.74) is 1.19. The first-order valence-corrected chi connectivity index (χ1v) is 49.6. The van der Waals surface area contributed by atoms with Gasteiger partial charge < -0.3 is 39.1 Å². The molecule has 2 aromatic heterocycles. The average molecular weight is 1650 g/mol. The van der Waals surface area contributed by atoms with Crippen LogP contribution in [0.25, 0.3) is 22.5 Å². The summed E-state index contributed by atoms with van der Waals surface area (Å²) in [5.74, 6) is 3.53. The van der Waals surface area contributed by atoms with Gasteiger partial charge in [-0.1, -0.05) is 401 Å². The molecular formula is C100H174N8O10. The largest absolute Gasteiger partial charge is 0.490 e. The molecule has 4 amide bonds. The Labute approximate surface area is 718 Å². The molecule has 118 heavy (non-hydrogen) atoms. The fourth-order valence-electron chi connectivity index (χ4n) is 15.4. The highest BCUT2D eigenvalue weighted by atomic mass is 16.5. The summed E-state index contributed by atoms with van der Waals surface area (Å²) in [5, 5.41) is 11.4. The normalized spacial score (nSPS) is 11.3. The van der Waals surface area contributed by atoms with Crippen LogP contribution in [-0.4, -0.2) is 84.7 Å². The van der Waals surface area contributed by atoms with Crippen molar-refractivity contribution in [2.75, 3.05) is 63.4 Å². The number of hydrogen-bond acceptors (Lipinski definition) is 12. The lowest BCUT2D eigenvalue weighted by Gasteiger charge is -2.19. The minimum absolute atomic E-state index is 0.0220. The van der Waals surface area contributed by atoms with Crippen LogP contribution in [0, 0.1) is 0 Å². The quantitative estimate of drug-likeness (QED) is 0.0227.